The van der Waals surface area contributed by atoms with Gasteiger partial charge in [-0.15, -0.1) is 0 Å². The first kappa shape index (κ1) is 12.3. The average molecular weight is 247 g/mol. The van der Waals surface area contributed by atoms with Crippen LogP contribution in [-0.4, -0.2) is 41.8 Å². The molecule has 1 aliphatic carbocycles. The SMILES string of the molecule is CC(C)(C)C1(S(=O)(=O)N2CCC(O)C2)CC1. The molecule has 1 heterocycles. The third-order valence-corrected chi connectivity index (χ3v) is 7.05. The number of hydrogen-bond donors (Lipinski definition) is 1. The molecular formula is C11H21NO3S. The monoisotopic (exact) mass is 247 g/mol. The van der Waals surface area contributed by atoms with E-state index in [1.165, 1.54) is 4.31 Å². The fourth-order valence-corrected chi connectivity index (χ4v) is 5.28. The molecule has 0 aromatic heterocycles. The molecule has 1 N–H and O–H groups in total. The first-order valence-corrected chi connectivity index (χ1v) is 7.32. The molecule has 1 aliphatic heterocycles. The minimum atomic E-state index is -3.24. The van der Waals surface area contributed by atoms with Gasteiger partial charge in [-0.2, -0.15) is 4.31 Å². The Labute approximate surface area is 97.7 Å². The molecule has 2 aliphatic rings. The highest BCUT2D eigenvalue weighted by Crippen LogP contribution is 2.57. The predicted octanol–water partition coefficient (Wildman–Crippen LogP) is 0.961. The lowest BCUT2D eigenvalue weighted by molar-refractivity contribution is 0.188. The van der Waals surface area contributed by atoms with E-state index in [9.17, 15) is 13.5 Å². The molecule has 1 saturated carbocycles. The maximum Gasteiger partial charge on any atom is 0.220 e. The van der Waals surface area contributed by atoms with Gasteiger partial charge in [0.25, 0.3) is 0 Å². The summed E-state index contributed by atoms with van der Waals surface area (Å²) in [5, 5.41) is 9.45. The van der Waals surface area contributed by atoms with E-state index < -0.39 is 20.9 Å². The highest BCUT2D eigenvalue weighted by molar-refractivity contribution is 7.90. The van der Waals surface area contributed by atoms with Crippen molar-refractivity contribution in [1.82, 2.24) is 4.31 Å². The molecule has 0 amide bonds. The zero-order valence-electron chi connectivity index (χ0n) is 10.2. The van der Waals surface area contributed by atoms with Crippen molar-refractivity contribution in [3.05, 3.63) is 0 Å². The van der Waals surface area contributed by atoms with E-state index in [2.05, 4.69) is 0 Å². The molecule has 4 nitrogen and oxygen atoms in total. The lowest BCUT2D eigenvalue weighted by atomic mass is 9.90. The first-order valence-electron chi connectivity index (χ1n) is 5.88. The molecule has 0 aromatic rings. The van der Waals surface area contributed by atoms with Gasteiger partial charge in [0.15, 0.2) is 0 Å². The number of aliphatic hydroxyl groups excluding tert-OH is 1. The summed E-state index contributed by atoms with van der Waals surface area (Å²) in [6, 6.07) is 0. The van der Waals surface area contributed by atoms with Crippen molar-refractivity contribution >= 4 is 10.0 Å². The fourth-order valence-electron chi connectivity index (χ4n) is 2.68. The Morgan fingerprint density at radius 3 is 2.19 bits per heavy atom. The molecule has 2 rings (SSSR count). The number of rotatable bonds is 2. The number of β-amino-alcohol motifs (C(OH)–C–C–N with tert-alkyl or cyclic N) is 1. The second kappa shape index (κ2) is 3.43. The van der Waals surface area contributed by atoms with Gasteiger partial charge in [0, 0.05) is 13.1 Å². The second-order valence-electron chi connectivity index (χ2n) is 6.05. The van der Waals surface area contributed by atoms with E-state index in [0.29, 0.717) is 13.0 Å². The molecule has 1 unspecified atom stereocenters. The summed E-state index contributed by atoms with van der Waals surface area (Å²) in [6.45, 7) is 6.72. The number of aliphatic hydroxyl groups is 1. The van der Waals surface area contributed by atoms with Gasteiger partial charge in [-0.3, -0.25) is 0 Å². The maximum atomic E-state index is 12.5. The highest BCUT2D eigenvalue weighted by atomic mass is 32.2. The van der Waals surface area contributed by atoms with Crippen molar-refractivity contribution in [1.29, 1.82) is 0 Å². The van der Waals surface area contributed by atoms with Crippen molar-refractivity contribution in [2.45, 2.75) is 50.9 Å². The number of nitrogens with zero attached hydrogens (tertiary/aromatic N) is 1. The van der Waals surface area contributed by atoms with Gasteiger partial charge in [0.05, 0.1) is 10.9 Å². The normalized spacial score (nSPS) is 30.6. The zero-order chi connectivity index (χ0) is 12.2. The van der Waals surface area contributed by atoms with Crippen LogP contribution in [0.15, 0.2) is 0 Å². The quantitative estimate of drug-likeness (QED) is 0.791. The Bertz CT molecular complexity index is 379. The largest absolute Gasteiger partial charge is 0.392 e. The average Bonchev–Trinajstić information content (AvgIpc) is 2.84. The topological polar surface area (TPSA) is 57.6 Å². The first-order chi connectivity index (χ1) is 7.21. The van der Waals surface area contributed by atoms with Crippen LogP contribution in [0.2, 0.25) is 0 Å². The lowest BCUT2D eigenvalue weighted by Gasteiger charge is -2.33. The summed E-state index contributed by atoms with van der Waals surface area (Å²) in [4.78, 5) is 0. The van der Waals surface area contributed by atoms with E-state index in [1.807, 2.05) is 20.8 Å². The Morgan fingerprint density at radius 1 is 1.31 bits per heavy atom. The van der Waals surface area contributed by atoms with Crippen molar-refractivity contribution < 1.29 is 13.5 Å². The van der Waals surface area contributed by atoms with Crippen LogP contribution >= 0.6 is 0 Å². The smallest absolute Gasteiger partial charge is 0.220 e. The van der Waals surface area contributed by atoms with Gasteiger partial charge in [-0.25, -0.2) is 8.42 Å². The molecule has 5 heteroatoms. The molecule has 0 radical (unpaired) electrons. The van der Waals surface area contributed by atoms with Crippen molar-refractivity contribution in [2.24, 2.45) is 5.41 Å². The summed E-state index contributed by atoms with van der Waals surface area (Å²) >= 11 is 0. The van der Waals surface area contributed by atoms with Gasteiger partial charge in [0.2, 0.25) is 10.0 Å². The minimum Gasteiger partial charge on any atom is -0.392 e. The Balaban J connectivity index is 2.27. The highest BCUT2D eigenvalue weighted by Gasteiger charge is 2.63. The predicted molar refractivity (Wildman–Crippen MR) is 62.5 cm³/mol. The fraction of sp³-hybridized carbons (Fsp3) is 1.00. The molecule has 0 bridgehead atoms. The van der Waals surface area contributed by atoms with Crippen LogP contribution in [0.3, 0.4) is 0 Å². The van der Waals surface area contributed by atoms with Crippen LogP contribution in [0.25, 0.3) is 0 Å². The third kappa shape index (κ3) is 1.60. The van der Waals surface area contributed by atoms with Gasteiger partial charge in [-0.1, -0.05) is 20.8 Å². The molecule has 1 saturated heterocycles. The van der Waals surface area contributed by atoms with Crippen LogP contribution in [0.4, 0.5) is 0 Å². The molecule has 0 aromatic carbocycles. The molecular weight excluding hydrogens is 226 g/mol. The van der Waals surface area contributed by atoms with Gasteiger partial charge in [-0.05, 0) is 24.7 Å². The molecule has 1 atom stereocenters. The van der Waals surface area contributed by atoms with Crippen LogP contribution in [0.1, 0.15) is 40.0 Å². The Hall–Kier alpha value is -0.130. The summed E-state index contributed by atoms with van der Waals surface area (Å²) in [6.07, 6.45) is 1.60. The van der Waals surface area contributed by atoms with E-state index in [4.69, 9.17) is 0 Å². The second-order valence-corrected chi connectivity index (χ2v) is 8.30. The summed E-state index contributed by atoms with van der Waals surface area (Å²) in [5.41, 5.74) is -0.223. The maximum absolute atomic E-state index is 12.5. The van der Waals surface area contributed by atoms with Gasteiger partial charge < -0.3 is 5.11 Å². The Morgan fingerprint density at radius 2 is 1.88 bits per heavy atom. The standard InChI is InChI=1S/C11H21NO3S/c1-10(2,3)11(5-6-11)16(14,15)12-7-4-9(13)8-12/h9,13H,4-8H2,1-3H3. The molecule has 94 valence electrons. The van der Waals surface area contributed by atoms with Crippen LogP contribution < -0.4 is 0 Å². The van der Waals surface area contributed by atoms with E-state index in [-0.39, 0.29) is 12.0 Å². The molecule has 2 fully saturated rings. The van der Waals surface area contributed by atoms with Crippen LogP contribution in [0, 0.1) is 5.41 Å². The zero-order valence-corrected chi connectivity index (χ0v) is 11.0. The van der Waals surface area contributed by atoms with Crippen molar-refractivity contribution in [3.8, 4) is 0 Å². The van der Waals surface area contributed by atoms with Gasteiger partial charge >= 0.3 is 0 Å². The van der Waals surface area contributed by atoms with Crippen molar-refractivity contribution in [3.63, 3.8) is 0 Å². The van der Waals surface area contributed by atoms with Crippen LogP contribution in [0.5, 0.6) is 0 Å². The Kier molecular flexibility index (Phi) is 2.64. The van der Waals surface area contributed by atoms with E-state index in [0.717, 1.165) is 12.8 Å². The number of hydrogen-bond acceptors (Lipinski definition) is 3. The molecule has 0 spiro atoms. The summed E-state index contributed by atoms with van der Waals surface area (Å²) in [7, 11) is -3.24. The lowest BCUT2D eigenvalue weighted by Crippen LogP contribution is -2.46. The van der Waals surface area contributed by atoms with E-state index in [1.54, 1.807) is 0 Å². The van der Waals surface area contributed by atoms with E-state index >= 15 is 0 Å². The molecule has 16 heavy (non-hydrogen) atoms. The minimum absolute atomic E-state index is 0.223. The van der Waals surface area contributed by atoms with Crippen molar-refractivity contribution in [2.75, 3.05) is 13.1 Å². The number of sulfonamides is 1. The third-order valence-electron chi connectivity index (χ3n) is 4.03. The van der Waals surface area contributed by atoms with Gasteiger partial charge in [0.1, 0.15) is 0 Å². The summed E-state index contributed by atoms with van der Waals surface area (Å²) in [5.74, 6) is 0. The summed E-state index contributed by atoms with van der Waals surface area (Å²) < 4.78 is 26.0. The van der Waals surface area contributed by atoms with Crippen LogP contribution in [-0.2, 0) is 10.0 Å².